The van der Waals surface area contributed by atoms with Crippen molar-refractivity contribution in [3.8, 4) is 11.5 Å². The van der Waals surface area contributed by atoms with Crippen LogP contribution < -0.4 is 14.3 Å². The van der Waals surface area contributed by atoms with E-state index in [1.54, 1.807) is 24.8 Å². The van der Waals surface area contributed by atoms with Crippen LogP contribution in [0.25, 0.3) is 0 Å². The van der Waals surface area contributed by atoms with Gasteiger partial charge in [0.15, 0.2) is 11.5 Å². The Hall–Kier alpha value is -1.40. The largest absolute Gasteiger partial charge is 0.493 e. The molecule has 1 aliphatic rings. The van der Waals surface area contributed by atoms with Gasteiger partial charge in [0.2, 0.25) is 0 Å². The topological polar surface area (TPSA) is 62.2 Å². The molecule has 2 rings (SSSR count). The van der Waals surface area contributed by atoms with Crippen LogP contribution in [0, 0.1) is 0 Å². The van der Waals surface area contributed by atoms with Crippen LogP contribution in [0.15, 0.2) is 18.2 Å². The van der Waals surface area contributed by atoms with Gasteiger partial charge in [0.05, 0.1) is 19.4 Å². The minimum atomic E-state index is -0.640. The van der Waals surface area contributed by atoms with Gasteiger partial charge in [-0.25, -0.2) is 0 Å². The Morgan fingerprint density at radius 1 is 1.59 bits per heavy atom. The van der Waals surface area contributed by atoms with Gasteiger partial charge in [0.25, 0.3) is 0 Å². The number of ether oxygens (including phenoxy) is 2. The maximum absolute atomic E-state index is 9.75. The molecule has 0 saturated carbocycles. The molecule has 92 valence electrons. The Kier molecular flexibility index (Phi) is 3.45. The van der Waals surface area contributed by atoms with Crippen molar-refractivity contribution in [3.63, 3.8) is 0 Å². The molecule has 0 saturated heterocycles. The number of rotatable bonds is 3. The van der Waals surface area contributed by atoms with Gasteiger partial charge in [-0.05, 0) is 19.0 Å². The lowest BCUT2D eigenvalue weighted by Crippen LogP contribution is -2.48. The van der Waals surface area contributed by atoms with Crippen LogP contribution in [0.4, 0.5) is 5.69 Å². The summed E-state index contributed by atoms with van der Waals surface area (Å²) in [5.74, 6) is 1.17. The molecule has 5 nitrogen and oxygen atoms in total. The second-order valence-electron chi connectivity index (χ2n) is 4.02. The van der Waals surface area contributed by atoms with Crippen LogP contribution >= 0.6 is 0 Å². The van der Waals surface area contributed by atoms with E-state index in [1.807, 2.05) is 12.1 Å². The van der Waals surface area contributed by atoms with E-state index in [9.17, 15) is 10.1 Å². The first-order valence-electron chi connectivity index (χ1n) is 5.56. The lowest BCUT2D eigenvalue weighted by atomic mass is 9.83. The fourth-order valence-electron chi connectivity index (χ4n) is 1.98. The molecule has 1 aromatic carbocycles. The van der Waals surface area contributed by atoms with Gasteiger partial charge in [0.1, 0.15) is 6.10 Å². The molecule has 1 unspecified atom stereocenters. The third kappa shape index (κ3) is 2.18. The number of hydrogen-bond donors (Lipinski definition) is 2. The van der Waals surface area contributed by atoms with E-state index >= 15 is 0 Å². The Bertz CT molecular complexity index is 399. The third-order valence-electron chi connectivity index (χ3n) is 2.83. The van der Waals surface area contributed by atoms with Crippen molar-refractivity contribution in [2.24, 2.45) is 0 Å². The van der Waals surface area contributed by atoms with E-state index in [4.69, 9.17) is 9.47 Å². The molecule has 0 aliphatic carbocycles. The minimum Gasteiger partial charge on any atom is -0.493 e. The number of anilines is 1. The zero-order chi connectivity index (χ0) is 12.4. The van der Waals surface area contributed by atoms with E-state index in [0.29, 0.717) is 18.0 Å². The van der Waals surface area contributed by atoms with Crippen molar-refractivity contribution in [2.75, 3.05) is 25.1 Å². The van der Waals surface area contributed by atoms with Crippen LogP contribution in [0.5, 0.6) is 11.5 Å². The molecule has 1 aromatic rings. The quantitative estimate of drug-likeness (QED) is 0.743. The van der Waals surface area contributed by atoms with Gasteiger partial charge in [-0.15, -0.1) is 0 Å². The number of aliphatic hydroxyl groups excluding tert-OH is 1. The smallest absolute Gasteiger partial charge is 0.409 e. The van der Waals surface area contributed by atoms with Crippen molar-refractivity contribution in [3.05, 3.63) is 18.2 Å². The van der Waals surface area contributed by atoms with Gasteiger partial charge in [0, 0.05) is 6.54 Å². The van der Waals surface area contributed by atoms with Gasteiger partial charge >= 0.3 is 7.05 Å². The molecule has 0 fully saturated rings. The maximum atomic E-state index is 9.75. The lowest BCUT2D eigenvalue weighted by Gasteiger charge is -2.36. The Balaban J connectivity index is 2.44. The van der Waals surface area contributed by atoms with Crippen molar-refractivity contribution >= 4 is 12.7 Å². The Morgan fingerprint density at radius 3 is 2.94 bits per heavy atom. The van der Waals surface area contributed by atoms with Crippen LogP contribution in [0.2, 0.25) is 6.82 Å². The van der Waals surface area contributed by atoms with Crippen molar-refractivity contribution in [2.45, 2.75) is 12.9 Å². The van der Waals surface area contributed by atoms with E-state index in [2.05, 4.69) is 0 Å². The van der Waals surface area contributed by atoms with Crippen LogP contribution in [0.1, 0.15) is 0 Å². The average Bonchev–Trinajstić information content (AvgIpc) is 2.36. The highest BCUT2D eigenvalue weighted by atomic mass is 16.5. The minimum absolute atomic E-state index is 0.0965. The predicted octanol–water partition coefficient (Wildman–Crippen LogP) is 0.365. The second-order valence-corrected chi connectivity index (χ2v) is 4.02. The number of nitrogens with zero attached hydrogens (tertiary/aromatic N) is 1. The Morgan fingerprint density at radius 2 is 2.35 bits per heavy atom. The van der Waals surface area contributed by atoms with E-state index < -0.39 is 7.05 Å². The highest BCUT2D eigenvalue weighted by Gasteiger charge is 2.31. The molecule has 6 heteroatoms. The maximum Gasteiger partial charge on any atom is 0.409 e. The average molecular weight is 237 g/mol. The lowest BCUT2D eigenvalue weighted by molar-refractivity contribution is 0.112. The summed E-state index contributed by atoms with van der Waals surface area (Å²) >= 11 is 0. The Labute approximate surface area is 101 Å². The molecule has 0 radical (unpaired) electrons. The summed E-state index contributed by atoms with van der Waals surface area (Å²) < 4.78 is 10.9. The normalized spacial score (nSPS) is 18.4. The molecule has 0 aromatic heterocycles. The zero-order valence-electron chi connectivity index (χ0n) is 9.96. The summed E-state index contributed by atoms with van der Waals surface area (Å²) in [6.45, 7) is 2.04. The van der Waals surface area contributed by atoms with Crippen molar-refractivity contribution < 1.29 is 19.6 Å². The second kappa shape index (κ2) is 4.85. The van der Waals surface area contributed by atoms with E-state index in [1.165, 1.54) is 0 Å². The zero-order valence-corrected chi connectivity index (χ0v) is 9.96. The number of aliphatic hydroxyl groups is 1. The van der Waals surface area contributed by atoms with E-state index in [-0.39, 0.29) is 12.7 Å². The standard InChI is InChI=1S/C11H16BNO4/c1-12(15)13-6-8(7-14)17-11-9(13)4-3-5-10(11)16-2/h3-5,8,14-15H,6-7H2,1-2H3. The first-order valence-corrected chi connectivity index (χ1v) is 5.56. The molecule has 1 atom stereocenters. The monoisotopic (exact) mass is 237 g/mol. The van der Waals surface area contributed by atoms with Crippen LogP contribution in [-0.2, 0) is 0 Å². The molecular formula is C11H16BNO4. The van der Waals surface area contributed by atoms with Gasteiger partial charge in [-0.2, -0.15) is 0 Å². The molecule has 1 heterocycles. The number of methoxy groups -OCH3 is 1. The molecule has 0 bridgehead atoms. The fraction of sp³-hybridized carbons (Fsp3) is 0.455. The predicted molar refractivity (Wildman–Crippen MR) is 65.7 cm³/mol. The summed E-state index contributed by atoms with van der Waals surface area (Å²) in [4.78, 5) is 1.78. The first-order chi connectivity index (χ1) is 8.17. The van der Waals surface area contributed by atoms with Gasteiger partial charge in [-0.1, -0.05) is 6.07 Å². The molecule has 17 heavy (non-hydrogen) atoms. The van der Waals surface area contributed by atoms with Crippen molar-refractivity contribution in [1.29, 1.82) is 0 Å². The number of benzene rings is 1. The number of para-hydroxylation sites is 1. The number of hydrogen-bond acceptors (Lipinski definition) is 5. The molecule has 0 amide bonds. The highest BCUT2D eigenvalue weighted by molar-refractivity contribution is 6.54. The van der Waals surface area contributed by atoms with Crippen molar-refractivity contribution in [1.82, 2.24) is 0 Å². The van der Waals surface area contributed by atoms with Gasteiger partial charge in [-0.3, -0.25) is 0 Å². The summed E-state index contributed by atoms with van der Waals surface area (Å²) in [6, 6.07) is 5.49. The summed E-state index contributed by atoms with van der Waals surface area (Å²) in [7, 11) is 0.924. The number of fused-ring (bicyclic) bond motifs is 1. The molecule has 1 aliphatic heterocycles. The van der Waals surface area contributed by atoms with Gasteiger partial charge < -0.3 is 24.4 Å². The summed E-state index contributed by atoms with van der Waals surface area (Å²) in [6.07, 6.45) is -0.353. The summed E-state index contributed by atoms with van der Waals surface area (Å²) in [5, 5.41) is 19.0. The third-order valence-corrected chi connectivity index (χ3v) is 2.83. The van der Waals surface area contributed by atoms with Crippen LogP contribution in [0.3, 0.4) is 0 Å². The molecule has 0 spiro atoms. The van der Waals surface area contributed by atoms with E-state index in [0.717, 1.165) is 5.69 Å². The SMILES string of the molecule is COc1cccc2c1OC(CO)CN2B(C)O. The molecule has 2 N–H and O–H groups in total. The fourth-order valence-corrected chi connectivity index (χ4v) is 1.98. The highest BCUT2D eigenvalue weighted by Crippen LogP contribution is 2.41. The summed E-state index contributed by atoms with van der Waals surface area (Å²) in [5.41, 5.74) is 0.782. The van der Waals surface area contributed by atoms with Crippen LogP contribution in [-0.4, -0.2) is 43.5 Å². The first kappa shape index (κ1) is 12.1. The molecular weight excluding hydrogens is 221 g/mol.